The first-order chi connectivity index (χ1) is 12.0. The molecular formula is C17H24ClFN2O4S. The molecule has 0 aliphatic carbocycles. The average molecular weight is 407 g/mol. The zero-order valence-corrected chi connectivity index (χ0v) is 16.7. The van der Waals surface area contributed by atoms with Gasteiger partial charge in [0.15, 0.2) is 0 Å². The quantitative estimate of drug-likeness (QED) is 0.814. The standard InChI is InChI=1S/C17H24ClFN2O4S/c1-17(2,3)25-16(22)21-9-5-6-12(21)10-20-26(23,24)11-13-14(18)7-4-8-15(13)19/h4,7-8,12,20H,5-6,9-11H2,1-3H3/t12-/m1/s1. The van der Waals surface area contributed by atoms with Gasteiger partial charge in [-0.2, -0.15) is 0 Å². The summed E-state index contributed by atoms with van der Waals surface area (Å²) in [7, 11) is -3.80. The minimum absolute atomic E-state index is 0.0493. The lowest BCUT2D eigenvalue weighted by molar-refractivity contribution is 0.0229. The van der Waals surface area contributed by atoms with Crippen molar-refractivity contribution in [1.82, 2.24) is 9.62 Å². The Morgan fingerprint density at radius 1 is 1.42 bits per heavy atom. The maximum absolute atomic E-state index is 13.8. The van der Waals surface area contributed by atoms with Crippen molar-refractivity contribution in [3.05, 3.63) is 34.6 Å². The van der Waals surface area contributed by atoms with Crippen LogP contribution in [0.4, 0.5) is 9.18 Å². The summed E-state index contributed by atoms with van der Waals surface area (Å²) in [5.41, 5.74) is -0.692. The van der Waals surface area contributed by atoms with Crippen LogP contribution in [-0.4, -0.2) is 44.1 Å². The molecule has 1 aliphatic heterocycles. The number of carbonyl (C=O) groups excluding carboxylic acids is 1. The van der Waals surface area contributed by atoms with Crippen molar-refractivity contribution in [2.75, 3.05) is 13.1 Å². The molecule has 1 aromatic rings. The summed E-state index contributed by atoms with van der Waals surface area (Å²) in [6.45, 7) is 5.89. The van der Waals surface area contributed by atoms with Crippen LogP contribution in [0, 0.1) is 5.82 Å². The van der Waals surface area contributed by atoms with Gasteiger partial charge in [0, 0.05) is 29.7 Å². The fourth-order valence-corrected chi connectivity index (χ4v) is 4.27. The van der Waals surface area contributed by atoms with E-state index in [1.54, 1.807) is 20.8 Å². The van der Waals surface area contributed by atoms with E-state index in [-0.39, 0.29) is 23.2 Å². The highest BCUT2D eigenvalue weighted by molar-refractivity contribution is 7.88. The molecule has 26 heavy (non-hydrogen) atoms. The number of ether oxygens (including phenoxy) is 1. The van der Waals surface area contributed by atoms with Crippen molar-refractivity contribution in [3.8, 4) is 0 Å². The van der Waals surface area contributed by atoms with E-state index in [0.29, 0.717) is 13.0 Å². The van der Waals surface area contributed by atoms with Crippen LogP contribution < -0.4 is 4.72 Å². The third-order valence-electron chi connectivity index (χ3n) is 3.94. The Kier molecular flexibility index (Phi) is 6.52. The van der Waals surface area contributed by atoms with E-state index in [1.807, 2.05) is 0 Å². The number of carbonyl (C=O) groups is 1. The van der Waals surface area contributed by atoms with Crippen molar-refractivity contribution in [3.63, 3.8) is 0 Å². The summed E-state index contributed by atoms with van der Waals surface area (Å²) in [4.78, 5) is 13.8. The highest BCUT2D eigenvalue weighted by Crippen LogP contribution is 2.23. The third kappa shape index (κ3) is 5.82. The smallest absolute Gasteiger partial charge is 0.410 e. The highest BCUT2D eigenvalue weighted by Gasteiger charge is 2.33. The number of nitrogens with one attached hydrogen (secondary N) is 1. The Balaban J connectivity index is 1.99. The Labute approximate surface area is 158 Å². The van der Waals surface area contributed by atoms with E-state index in [1.165, 1.54) is 17.0 Å². The number of sulfonamides is 1. The van der Waals surface area contributed by atoms with Crippen LogP contribution in [0.2, 0.25) is 5.02 Å². The van der Waals surface area contributed by atoms with Crippen molar-refractivity contribution >= 4 is 27.7 Å². The second-order valence-electron chi connectivity index (χ2n) is 7.28. The summed E-state index contributed by atoms with van der Waals surface area (Å²) >= 11 is 5.89. The van der Waals surface area contributed by atoms with Crippen molar-refractivity contribution < 1.29 is 22.3 Å². The second-order valence-corrected chi connectivity index (χ2v) is 9.49. The molecule has 1 amide bonds. The van der Waals surface area contributed by atoms with Crippen molar-refractivity contribution in [2.24, 2.45) is 0 Å². The van der Waals surface area contributed by atoms with Gasteiger partial charge in [0.2, 0.25) is 10.0 Å². The number of hydrogen-bond acceptors (Lipinski definition) is 4. The van der Waals surface area contributed by atoms with E-state index in [9.17, 15) is 17.6 Å². The van der Waals surface area contributed by atoms with Crippen LogP contribution in [-0.2, 0) is 20.5 Å². The highest BCUT2D eigenvalue weighted by atomic mass is 35.5. The molecule has 146 valence electrons. The number of hydrogen-bond donors (Lipinski definition) is 1. The third-order valence-corrected chi connectivity index (χ3v) is 5.57. The topological polar surface area (TPSA) is 75.7 Å². The number of benzene rings is 1. The van der Waals surface area contributed by atoms with E-state index < -0.39 is 33.3 Å². The molecule has 1 saturated heterocycles. The van der Waals surface area contributed by atoms with Crippen LogP contribution in [0.5, 0.6) is 0 Å². The molecule has 9 heteroatoms. The van der Waals surface area contributed by atoms with E-state index in [0.717, 1.165) is 12.5 Å². The molecule has 0 bridgehead atoms. The van der Waals surface area contributed by atoms with Gasteiger partial charge in [0.05, 0.1) is 5.75 Å². The van der Waals surface area contributed by atoms with Crippen molar-refractivity contribution in [2.45, 2.75) is 51.0 Å². The minimum Gasteiger partial charge on any atom is -0.444 e. The summed E-state index contributed by atoms with van der Waals surface area (Å²) in [6, 6.07) is 3.73. The van der Waals surface area contributed by atoms with Gasteiger partial charge < -0.3 is 9.64 Å². The Morgan fingerprint density at radius 3 is 2.73 bits per heavy atom. The zero-order chi connectivity index (χ0) is 19.5. The number of halogens is 2. The minimum atomic E-state index is -3.80. The average Bonchev–Trinajstić information content (AvgIpc) is 2.96. The molecule has 0 radical (unpaired) electrons. The molecular weight excluding hydrogens is 383 g/mol. The first-order valence-electron chi connectivity index (χ1n) is 8.38. The predicted octanol–water partition coefficient (Wildman–Crippen LogP) is 3.30. The van der Waals surface area contributed by atoms with Crippen LogP contribution in [0.1, 0.15) is 39.2 Å². The maximum Gasteiger partial charge on any atom is 0.410 e. The first-order valence-corrected chi connectivity index (χ1v) is 10.4. The molecule has 1 aromatic carbocycles. The molecule has 2 rings (SSSR count). The summed E-state index contributed by atoms with van der Waals surface area (Å²) in [5, 5.41) is 0.0617. The molecule has 0 spiro atoms. The SMILES string of the molecule is CC(C)(C)OC(=O)N1CCC[C@@H]1CNS(=O)(=O)Cc1c(F)cccc1Cl. The number of likely N-dealkylation sites (tertiary alicyclic amines) is 1. The predicted molar refractivity (Wildman–Crippen MR) is 98.0 cm³/mol. The summed E-state index contributed by atoms with van der Waals surface area (Å²) in [6.07, 6.45) is 0.976. The van der Waals surface area contributed by atoms with Crippen molar-refractivity contribution in [1.29, 1.82) is 0 Å². The van der Waals surface area contributed by atoms with Gasteiger partial charge in [0.25, 0.3) is 0 Å². The number of rotatable bonds is 5. The lowest BCUT2D eigenvalue weighted by Gasteiger charge is -2.28. The molecule has 1 atom stereocenters. The van der Waals surface area contributed by atoms with Gasteiger partial charge in [-0.3, -0.25) is 0 Å². The molecule has 6 nitrogen and oxygen atoms in total. The zero-order valence-electron chi connectivity index (χ0n) is 15.1. The Hall–Kier alpha value is -1.38. The van der Waals surface area contributed by atoms with Gasteiger partial charge in [-0.1, -0.05) is 17.7 Å². The lowest BCUT2D eigenvalue weighted by Crippen LogP contribution is -2.45. The largest absolute Gasteiger partial charge is 0.444 e. The summed E-state index contributed by atoms with van der Waals surface area (Å²) in [5.74, 6) is -1.23. The monoisotopic (exact) mass is 406 g/mol. The number of amides is 1. The van der Waals surface area contributed by atoms with Gasteiger partial charge in [-0.15, -0.1) is 0 Å². The second kappa shape index (κ2) is 8.10. The Morgan fingerprint density at radius 2 is 2.12 bits per heavy atom. The molecule has 1 aliphatic rings. The Bertz CT molecular complexity index is 744. The van der Waals surface area contributed by atoms with Crippen LogP contribution in [0.25, 0.3) is 0 Å². The van der Waals surface area contributed by atoms with Gasteiger partial charge in [-0.05, 0) is 45.7 Å². The number of nitrogens with zero attached hydrogens (tertiary/aromatic N) is 1. The van der Waals surface area contributed by atoms with Gasteiger partial charge in [0.1, 0.15) is 11.4 Å². The van der Waals surface area contributed by atoms with E-state index in [4.69, 9.17) is 16.3 Å². The lowest BCUT2D eigenvalue weighted by atomic mass is 10.2. The molecule has 1 fully saturated rings. The van der Waals surface area contributed by atoms with Gasteiger partial charge in [-0.25, -0.2) is 22.3 Å². The van der Waals surface area contributed by atoms with Crippen LogP contribution in [0.15, 0.2) is 18.2 Å². The van der Waals surface area contributed by atoms with E-state index >= 15 is 0 Å². The molecule has 1 N–H and O–H groups in total. The van der Waals surface area contributed by atoms with E-state index in [2.05, 4.69) is 4.72 Å². The summed E-state index contributed by atoms with van der Waals surface area (Å²) < 4.78 is 46.2. The van der Waals surface area contributed by atoms with Crippen LogP contribution in [0.3, 0.4) is 0 Å². The molecule has 0 unspecified atom stereocenters. The normalized spacial score (nSPS) is 18.2. The van der Waals surface area contributed by atoms with Crippen LogP contribution >= 0.6 is 11.6 Å². The fraction of sp³-hybridized carbons (Fsp3) is 0.588. The molecule has 1 heterocycles. The molecule has 0 saturated carbocycles. The van der Waals surface area contributed by atoms with Gasteiger partial charge >= 0.3 is 6.09 Å². The fourth-order valence-electron chi connectivity index (χ4n) is 2.74. The first kappa shape index (κ1) is 20.9. The molecule has 0 aromatic heterocycles. The maximum atomic E-state index is 13.8.